The zero-order valence-electron chi connectivity index (χ0n) is 11.3. The Labute approximate surface area is 115 Å². The summed E-state index contributed by atoms with van der Waals surface area (Å²) in [6.07, 6.45) is -4.58. The van der Waals surface area contributed by atoms with Crippen LogP contribution in [0.5, 0.6) is 0 Å². The van der Waals surface area contributed by atoms with Gasteiger partial charge in [0.2, 0.25) is 0 Å². The molecule has 0 bridgehead atoms. The number of pyridine rings is 1. The predicted molar refractivity (Wildman–Crippen MR) is 70.5 cm³/mol. The van der Waals surface area contributed by atoms with E-state index in [1.54, 1.807) is 13.8 Å². The average Bonchev–Trinajstić information content (AvgIpc) is 2.33. The van der Waals surface area contributed by atoms with Crippen molar-refractivity contribution in [2.24, 2.45) is 5.73 Å². The van der Waals surface area contributed by atoms with Crippen LogP contribution in [-0.2, 0) is 6.18 Å². The third-order valence-electron chi connectivity index (χ3n) is 2.57. The van der Waals surface area contributed by atoms with Crippen LogP contribution in [-0.4, -0.2) is 24.0 Å². The van der Waals surface area contributed by atoms with Crippen LogP contribution in [0.4, 0.5) is 19.0 Å². The van der Waals surface area contributed by atoms with Crippen molar-refractivity contribution in [2.75, 3.05) is 18.0 Å². The Kier molecular flexibility index (Phi) is 4.75. The number of nitrogens with two attached hydrogens (primary N) is 1. The normalized spacial score (nSPS) is 11.2. The minimum atomic E-state index is -4.58. The molecular weight excluding hydrogens is 271 g/mol. The second-order valence-corrected chi connectivity index (χ2v) is 4.40. The van der Waals surface area contributed by atoms with Gasteiger partial charge >= 0.3 is 6.18 Å². The maximum absolute atomic E-state index is 12.7. The molecule has 4 nitrogen and oxygen atoms in total. The third kappa shape index (κ3) is 3.72. The van der Waals surface area contributed by atoms with Gasteiger partial charge < -0.3 is 10.6 Å². The first kappa shape index (κ1) is 16.0. The third-order valence-corrected chi connectivity index (χ3v) is 2.57. The smallest absolute Gasteiger partial charge is 0.365 e. The van der Waals surface area contributed by atoms with Gasteiger partial charge in [-0.15, -0.1) is 0 Å². The molecule has 1 amide bonds. The second-order valence-electron chi connectivity index (χ2n) is 4.40. The topological polar surface area (TPSA) is 59.2 Å². The van der Waals surface area contributed by atoms with Crippen LogP contribution < -0.4 is 10.6 Å². The van der Waals surface area contributed by atoms with Crippen molar-refractivity contribution in [3.63, 3.8) is 0 Å². The maximum Gasteiger partial charge on any atom is 0.433 e. The molecule has 110 valence electrons. The summed E-state index contributed by atoms with van der Waals surface area (Å²) in [7, 11) is 0. The van der Waals surface area contributed by atoms with Crippen molar-refractivity contribution in [1.29, 1.82) is 0 Å². The maximum atomic E-state index is 12.7. The Hall–Kier alpha value is -2.05. The number of likely N-dealkylation sites (N-methyl/N-ethyl adjacent to an activating group) is 1. The molecule has 0 saturated heterocycles. The summed E-state index contributed by atoms with van der Waals surface area (Å²) in [4.78, 5) is 16.4. The summed E-state index contributed by atoms with van der Waals surface area (Å²) in [6, 6.07) is 1.80. The molecule has 1 aromatic rings. The van der Waals surface area contributed by atoms with Gasteiger partial charge in [0.25, 0.3) is 5.91 Å². The van der Waals surface area contributed by atoms with Gasteiger partial charge in [0.05, 0.1) is 5.56 Å². The van der Waals surface area contributed by atoms with E-state index >= 15 is 0 Å². The van der Waals surface area contributed by atoms with E-state index in [9.17, 15) is 18.0 Å². The van der Waals surface area contributed by atoms with Gasteiger partial charge in [-0.1, -0.05) is 12.2 Å². The summed E-state index contributed by atoms with van der Waals surface area (Å²) in [5.41, 5.74) is 4.83. The fourth-order valence-corrected chi connectivity index (χ4v) is 1.70. The van der Waals surface area contributed by atoms with Crippen molar-refractivity contribution in [1.82, 2.24) is 4.98 Å². The molecule has 0 saturated carbocycles. The van der Waals surface area contributed by atoms with Crippen molar-refractivity contribution < 1.29 is 18.0 Å². The molecule has 1 heterocycles. The number of aromatic nitrogens is 1. The van der Waals surface area contributed by atoms with Gasteiger partial charge in [-0.25, -0.2) is 4.98 Å². The monoisotopic (exact) mass is 287 g/mol. The van der Waals surface area contributed by atoms with Crippen LogP contribution in [0.3, 0.4) is 0 Å². The van der Waals surface area contributed by atoms with E-state index in [-0.39, 0.29) is 11.4 Å². The quantitative estimate of drug-likeness (QED) is 0.847. The van der Waals surface area contributed by atoms with Crippen molar-refractivity contribution >= 4 is 11.7 Å². The van der Waals surface area contributed by atoms with E-state index in [2.05, 4.69) is 11.6 Å². The zero-order valence-corrected chi connectivity index (χ0v) is 11.3. The van der Waals surface area contributed by atoms with Gasteiger partial charge in [-0.05, 0) is 26.0 Å². The molecule has 7 heteroatoms. The van der Waals surface area contributed by atoms with E-state index in [0.717, 1.165) is 17.7 Å². The van der Waals surface area contributed by atoms with Gasteiger partial charge in [-0.2, -0.15) is 13.2 Å². The van der Waals surface area contributed by atoms with Gasteiger partial charge in [0.15, 0.2) is 0 Å². The van der Waals surface area contributed by atoms with Crippen molar-refractivity contribution in [3.8, 4) is 0 Å². The number of halogens is 3. The number of nitrogens with zero attached hydrogens (tertiary/aromatic N) is 2. The summed E-state index contributed by atoms with van der Waals surface area (Å²) in [5.74, 6) is -0.890. The molecule has 0 radical (unpaired) electrons. The first-order valence-electron chi connectivity index (χ1n) is 5.94. The summed E-state index contributed by atoms with van der Waals surface area (Å²) >= 11 is 0. The Morgan fingerprint density at radius 1 is 1.45 bits per heavy atom. The molecule has 20 heavy (non-hydrogen) atoms. The molecule has 0 fully saturated rings. The number of carbonyl (C=O) groups is 1. The highest BCUT2D eigenvalue weighted by Gasteiger charge is 2.34. The van der Waals surface area contributed by atoms with Crippen LogP contribution in [0.15, 0.2) is 24.3 Å². The van der Waals surface area contributed by atoms with E-state index in [4.69, 9.17) is 5.73 Å². The lowest BCUT2D eigenvalue weighted by molar-refractivity contribution is -0.141. The van der Waals surface area contributed by atoms with Gasteiger partial charge in [-0.3, -0.25) is 4.79 Å². The van der Waals surface area contributed by atoms with E-state index in [0.29, 0.717) is 13.1 Å². The molecular formula is C13H16F3N3O. The number of hydrogen-bond donors (Lipinski definition) is 1. The first-order valence-corrected chi connectivity index (χ1v) is 5.94. The van der Waals surface area contributed by atoms with Crippen LogP contribution in [0, 0.1) is 0 Å². The number of amides is 1. The van der Waals surface area contributed by atoms with Crippen molar-refractivity contribution in [3.05, 3.63) is 35.5 Å². The second kappa shape index (κ2) is 5.94. The molecule has 1 rings (SSSR count). The van der Waals surface area contributed by atoms with Gasteiger partial charge in [0.1, 0.15) is 11.5 Å². The lowest BCUT2D eigenvalue weighted by Crippen LogP contribution is -2.29. The fourth-order valence-electron chi connectivity index (χ4n) is 1.70. The number of rotatable bonds is 5. The Morgan fingerprint density at radius 2 is 2.05 bits per heavy atom. The molecule has 0 aromatic carbocycles. The lowest BCUT2D eigenvalue weighted by Gasteiger charge is -2.24. The molecule has 0 aliphatic carbocycles. The molecule has 0 aliphatic rings. The fraction of sp³-hybridized carbons (Fsp3) is 0.385. The minimum Gasteiger partial charge on any atom is -0.365 e. The van der Waals surface area contributed by atoms with Crippen LogP contribution in [0.1, 0.15) is 29.9 Å². The Bertz CT molecular complexity index is 526. The molecule has 0 spiro atoms. The Morgan fingerprint density at radius 3 is 2.45 bits per heavy atom. The largest absolute Gasteiger partial charge is 0.433 e. The lowest BCUT2D eigenvalue weighted by atomic mass is 10.2. The van der Waals surface area contributed by atoms with E-state index < -0.39 is 17.8 Å². The SMILES string of the molecule is C=C(C)CN(CC)c1nc(C(F)(F)F)ccc1C(N)=O. The van der Waals surface area contributed by atoms with E-state index in [1.165, 1.54) is 4.90 Å². The predicted octanol–water partition coefficient (Wildman–Crippen LogP) is 2.60. The first-order chi connectivity index (χ1) is 9.16. The minimum absolute atomic E-state index is 0.0406. The highest BCUT2D eigenvalue weighted by atomic mass is 19.4. The summed E-state index contributed by atoms with van der Waals surface area (Å²) < 4.78 is 38.1. The average molecular weight is 287 g/mol. The molecule has 2 N–H and O–H groups in total. The summed E-state index contributed by atoms with van der Waals surface area (Å²) in [6.45, 7) is 7.86. The van der Waals surface area contributed by atoms with Crippen LogP contribution in [0.25, 0.3) is 0 Å². The Balaban J connectivity index is 3.37. The zero-order chi connectivity index (χ0) is 15.5. The molecule has 0 unspecified atom stereocenters. The summed E-state index contributed by atoms with van der Waals surface area (Å²) in [5, 5.41) is 0. The highest BCUT2D eigenvalue weighted by molar-refractivity contribution is 5.97. The highest BCUT2D eigenvalue weighted by Crippen LogP contribution is 2.30. The number of primary amides is 1. The standard InChI is InChI=1S/C13H16F3N3O/c1-4-19(7-8(2)3)12-9(11(17)20)5-6-10(18-12)13(14,15)16/h5-6H,2,4,7H2,1,3H3,(H2,17,20). The van der Waals surface area contributed by atoms with Gasteiger partial charge in [0, 0.05) is 13.1 Å². The number of carbonyl (C=O) groups excluding carboxylic acids is 1. The molecule has 1 aromatic heterocycles. The van der Waals surface area contributed by atoms with Crippen molar-refractivity contribution in [2.45, 2.75) is 20.0 Å². The van der Waals surface area contributed by atoms with Crippen LogP contribution >= 0.6 is 0 Å². The van der Waals surface area contributed by atoms with Crippen LogP contribution in [0.2, 0.25) is 0 Å². The number of hydrogen-bond acceptors (Lipinski definition) is 3. The van der Waals surface area contributed by atoms with E-state index in [1.807, 2.05) is 0 Å². The molecule has 0 atom stereocenters. The number of alkyl halides is 3. The molecule has 0 aliphatic heterocycles. The number of anilines is 1.